The fourth-order valence-electron chi connectivity index (χ4n) is 3.33. The van der Waals surface area contributed by atoms with Gasteiger partial charge in [-0.05, 0) is 0 Å². The molecular formula is C12H15NO6. The maximum absolute atomic E-state index is 12.3. The minimum Gasteiger partial charge on any atom is -0.481 e. The number of hydrogen-bond acceptors (Lipinski definition) is 5. The van der Waals surface area contributed by atoms with E-state index in [1.807, 2.05) is 0 Å². The molecule has 0 aromatic rings. The number of nitrogens with zero attached hydrogens (tertiary/aromatic N) is 1. The summed E-state index contributed by atoms with van der Waals surface area (Å²) in [5, 5.41) is 27.5. The Bertz CT molecular complexity index is 463. The smallest absolute Gasteiger partial charge is 0.310 e. The number of ether oxygens (including phenoxy) is 1. The Kier molecular flexibility index (Phi) is 2.67. The average molecular weight is 269 g/mol. The minimum atomic E-state index is -1.04. The quantitative estimate of drug-likeness (QED) is 0.520. The molecule has 3 aliphatic heterocycles. The molecule has 104 valence electrons. The van der Waals surface area contributed by atoms with Crippen molar-refractivity contribution in [3.05, 3.63) is 12.2 Å². The third kappa shape index (κ3) is 1.62. The highest BCUT2D eigenvalue weighted by atomic mass is 16.5. The summed E-state index contributed by atoms with van der Waals surface area (Å²) < 4.78 is 5.68. The van der Waals surface area contributed by atoms with Gasteiger partial charge in [-0.3, -0.25) is 9.59 Å². The number of carboxylic acids is 1. The Labute approximate surface area is 109 Å². The summed E-state index contributed by atoms with van der Waals surface area (Å²) in [5.41, 5.74) is -0.875. The molecule has 7 nitrogen and oxygen atoms in total. The number of carboxylic acid groups (broad SMARTS) is 1. The predicted octanol–water partition coefficient (Wildman–Crippen LogP) is -1.79. The van der Waals surface area contributed by atoms with Crippen LogP contribution in [0.25, 0.3) is 0 Å². The summed E-state index contributed by atoms with van der Waals surface area (Å²) in [6.07, 6.45) is 1.87. The van der Waals surface area contributed by atoms with Crippen molar-refractivity contribution >= 4 is 11.9 Å². The number of rotatable bonds is 4. The van der Waals surface area contributed by atoms with Crippen LogP contribution in [0.5, 0.6) is 0 Å². The van der Waals surface area contributed by atoms with Gasteiger partial charge in [-0.2, -0.15) is 0 Å². The molecular weight excluding hydrogens is 254 g/mol. The summed E-state index contributed by atoms with van der Waals surface area (Å²) in [6, 6.07) is 0. The summed E-state index contributed by atoms with van der Waals surface area (Å²) >= 11 is 0. The number of carbonyl (C=O) groups is 2. The standard InChI is InChI=1S/C12H15NO6/c14-4-6(15)3-13-5-12-2-1-7(19-12)8(11(17)18)9(12)10(13)16/h1-2,6-9,14-15H,3-5H2,(H,17,18)/t6-,7+,8+,9-,12-/m0/s1. The van der Waals surface area contributed by atoms with Gasteiger partial charge in [-0.25, -0.2) is 0 Å². The first-order chi connectivity index (χ1) is 8.98. The van der Waals surface area contributed by atoms with Crippen LogP contribution < -0.4 is 0 Å². The molecule has 1 spiro atoms. The van der Waals surface area contributed by atoms with Crippen LogP contribution in [0.4, 0.5) is 0 Å². The van der Waals surface area contributed by atoms with E-state index in [1.54, 1.807) is 12.2 Å². The normalized spacial score (nSPS) is 40.8. The molecule has 0 radical (unpaired) electrons. The van der Waals surface area contributed by atoms with Gasteiger partial charge in [0, 0.05) is 6.54 Å². The summed E-state index contributed by atoms with van der Waals surface area (Å²) in [7, 11) is 0. The second-order valence-electron chi connectivity index (χ2n) is 5.29. The van der Waals surface area contributed by atoms with E-state index in [0.29, 0.717) is 0 Å². The lowest BCUT2D eigenvalue weighted by Gasteiger charge is -2.22. The van der Waals surface area contributed by atoms with Crippen molar-refractivity contribution in [1.29, 1.82) is 0 Å². The lowest BCUT2D eigenvalue weighted by Crippen LogP contribution is -2.40. The van der Waals surface area contributed by atoms with Crippen molar-refractivity contribution in [2.24, 2.45) is 11.8 Å². The van der Waals surface area contributed by atoms with Crippen LogP contribution in [-0.4, -0.2) is 69.6 Å². The monoisotopic (exact) mass is 269 g/mol. The fraction of sp³-hybridized carbons (Fsp3) is 0.667. The molecule has 0 aromatic heterocycles. The number of aliphatic hydroxyl groups excluding tert-OH is 2. The SMILES string of the molecule is O=C(O)[C@H]1[C@H]2C(=O)N(C[C@H](O)CO)C[C@@]23C=C[C@H]1O3. The van der Waals surface area contributed by atoms with Crippen molar-refractivity contribution in [1.82, 2.24) is 4.90 Å². The highest BCUT2D eigenvalue weighted by Gasteiger charge is 2.67. The highest BCUT2D eigenvalue weighted by molar-refractivity contribution is 5.90. The summed E-state index contributed by atoms with van der Waals surface area (Å²) in [5.74, 6) is -2.97. The van der Waals surface area contributed by atoms with Gasteiger partial charge in [0.25, 0.3) is 0 Å². The van der Waals surface area contributed by atoms with Crippen LogP contribution in [0.3, 0.4) is 0 Å². The van der Waals surface area contributed by atoms with Gasteiger partial charge in [-0.15, -0.1) is 0 Å². The first kappa shape index (κ1) is 12.6. The third-order valence-corrected chi connectivity index (χ3v) is 4.11. The maximum atomic E-state index is 12.3. The zero-order valence-corrected chi connectivity index (χ0v) is 10.1. The van der Waals surface area contributed by atoms with Gasteiger partial charge >= 0.3 is 5.97 Å². The van der Waals surface area contributed by atoms with Crippen molar-refractivity contribution in [2.75, 3.05) is 19.7 Å². The zero-order valence-electron chi connectivity index (χ0n) is 10.1. The Morgan fingerprint density at radius 1 is 1.63 bits per heavy atom. The van der Waals surface area contributed by atoms with Gasteiger partial charge in [0.1, 0.15) is 11.5 Å². The minimum absolute atomic E-state index is 0.0121. The van der Waals surface area contributed by atoms with Crippen molar-refractivity contribution in [3.8, 4) is 0 Å². The predicted molar refractivity (Wildman–Crippen MR) is 61.0 cm³/mol. The number of carbonyl (C=O) groups excluding carboxylic acids is 1. The van der Waals surface area contributed by atoms with E-state index >= 15 is 0 Å². The van der Waals surface area contributed by atoms with Gasteiger partial charge in [0.2, 0.25) is 5.91 Å². The number of aliphatic hydroxyl groups is 2. The second kappa shape index (κ2) is 4.03. The van der Waals surface area contributed by atoms with Crippen molar-refractivity contribution < 1.29 is 29.6 Å². The molecule has 7 heteroatoms. The van der Waals surface area contributed by atoms with Crippen LogP contribution in [0.1, 0.15) is 0 Å². The van der Waals surface area contributed by atoms with E-state index in [0.717, 1.165) is 0 Å². The Balaban J connectivity index is 1.86. The van der Waals surface area contributed by atoms with E-state index in [-0.39, 0.29) is 19.0 Å². The molecule has 0 aliphatic carbocycles. The molecule has 0 unspecified atom stereocenters. The van der Waals surface area contributed by atoms with Crippen LogP contribution in [-0.2, 0) is 14.3 Å². The topological polar surface area (TPSA) is 107 Å². The molecule has 5 atom stereocenters. The summed E-state index contributed by atoms with van der Waals surface area (Å²) in [6.45, 7) is -0.227. The highest BCUT2D eigenvalue weighted by Crippen LogP contribution is 2.51. The van der Waals surface area contributed by atoms with E-state index < -0.39 is 42.2 Å². The van der Waals surface area contributed by atoms with Crippen LogP contribution in [0, 0.1) is 11.8 Å². The number of likely N-dealkylation sites (tertiary alicyclic amines) is 1. The Hall–Kier alpha value is -1.44. The Morgan fingerprint density at radius 2 is 2.37 bits per heavy atom. The van der Waals surface area contributed by atoms with Crippen molar-refractivity contribution in [3.63, 3.8) is 0 Å². The van der Waals surface area contributed by atoms with Crippen LogP contribution >= 0.6 is 0 Å². The fourth-order valence-corrected chi connectivity index (χ4v) is 3.33. The maximum Gasteiger partial charge on any atom is 0.310 e. The van der Waals surface area contributed by atoms with E-state index in [2.05, 4.69) is 0 Å². The van der Waals surface area contributed by atoms with Crippen LogP contribution in [0.15, 0.2) is 12.2 Å². The van der Waals surface area contributed by atoms with Gasteiger partial charge in [-0.1, -0.05) is 12.2 Å². The number of hydrogen-bond donors (Lipinski definition) is 3. The van der Waals surface area contributed by atoms with Gasteiger partial charge < -0.3 is 25.0 Å². The molecule has 2 fully saturated rings. The molecule has 19 heavy (non-hydrogen) atoms. The molecule has 3 heterocycles. The summed E-state index contributed by atoms with van der Waals surface area (Å²) in [4.78, 5) is 24.9. The Morgan fingerprint density at radius 3 is 3.00 bits per heavy atom. The molecule has 2 saturated heterocycles. The lowest BCUT2D eigenvalue weighted by molar-refractivity contribution is -0.148. The largest absolute Gasteiger partial charge is 0.481 e. The first-order valence-electron chi connectivity index (χ1n) is 6.16. The number of fused-ring (bicyclic) bond motifs is 1. The molecule has 3 rings (SSSR count). The molecule has 3 aliphatic rings. The third-order valence-electron chi connectivity index (χ3n) is 4.11. The number of aliphatic carboxylic acids is 1. The second-order valence-corrected chi connectivity index (χ2v) is 5.29. The van der Waals surface area contributed by atoms with Crippen LogP contribution in [0.2, 0.25) is 0 Å². The van der Waals surface area contributed by atoms with E-state index in [9.17, 15) is 19.8 Å². The number of amides is 1. The van der Waals surface area contributed by atoms with E-state index in [1.165, 1.54) is 4.90 Å². The van der Waals surface area contributed by atoms with Crippen molar-refractivity contribution in [2.45, 2.75) is 17.8 Å². The molecule has 1 amide bonds. The van der Waals surface area contributed by atoms with Gasteiger partial charge in [0.15, 0.2) is 0 Å². The first-order valence-corrected chi connectivity index (χ1v) is 6.16. The molecule has 2 bridgehead atoms. The van der Waals surface area contributed by atoms with Gasteiger partial charge in [0.05, 0.1) is 31.3 Å². The lowest BCUT2D eigenvalue weighted by atomic mass is 9.77. The number of β-amino-alcohol motifs (C(OH)–C–C–N with tert-alkyl or cyclic N) is 1. The molecule has 0 saturated carbocycles. The molecule has 0 aromatic carbocycles. The average Bonchev–Trinajstić information content (AvgIpc) is 2.98. The molecule has 3 N–H and O–H groups in total. The van der Waals surface area contributed by atoms with E-state index in [4.69, 9.17) is 9.84 Å². The zero-order chi connectivity index (χ0) is 13.8.